The Morgan fingerprint density at radius 3 is 2.43 bits per heavy atom. The molecule has 0 N–H and O–H groups in total. The average Bonchev–Trinajstić information content (AvgIpc) is 2.79. The predicted molar refractivity (Wildman–Crippen MR) is 91.3 cm³/mol. The van der Waals surface area contributed by atoms with Gasteiger partial charge in [0.1, 0.15) is 5.82 Å². The van der Waals surface area contributed by atoms with Gasteiger partial charge in [0.15, 0.2) is 0 Å². The highest BCUT2D eigenvalue weighted by molar-refractivity contribution is 6.17. The molecule has 1 aliphatic rings. The Kier molecular flexibility index (Phi) is 4.84. The van der Waals surface area contributed by atoms with Crippen LogP contribution in [0, 0.1) is 5.92 Å². The molecule has 3 nitrogen and oxygen atoms in total. The second-order valence-electron chi connectivity index (χ2n) is 7.52. The van der Waals surface area contributed by atoms with Crippen LogP contribution < -0.4 is 4.90 Å². The fraction of sp³-hybridized carbons (Fsp3) is 0.706. The summed E-state index contributed by atoms with van der Waals surface area (Å²) in [5.41, 5.74) is 2.33. The second-order valence-corrected chi connectivity index (χ2v) is 7.78. The maximum absolute atomic E-state index is 6.08. The molecule has 0 saturated carbocycles. The Morgan fingerprint density at radius 1 is 1.29 bits per heavy atom. The predicted octanol–water partition coefficient (Wildman–Crippen LogP) is 3.50. The molecule has 2 rings (SSSR count). The van der Waals surface area contributed by atoms with Crippen molar-refractivity contribution in [3.8, 4) is 0 Å². The highest BCUT2D eigenvalue weighted by atomic mass is 35.5. The molecule has 0 bridgehead atoms. The van der Waals surface area contributed by atoms with Gasteiger partial charge in [-0.2, -0.15) is 0 Å². The lowest BCUT2D eigenvalue weighted by Gasteiger charge is -2.25. The van der Waals surface area contributed by atoms with E-state index in [1.54, 1.807) is 0 Å². The molecule has 0 aromatic carbocycles. The minimum Gasteiger partial charge on any atom is -0.355 e. The molecule has 1 fully saturated rings. The molecule has 0 amide bonds. The van der Waals surface area contributed by atoms with Gasteiger partial charge in [0, 0.05) is 36.1 Å². The quantitative estimate of drug-likeness (QED) is 0.797. The third kappa shape index (κ3) is 3.70. The Bertz CT molecular complexity index is 493. The van der Waals surface area contributed by atoms with Crippen molar-refractivity contribution in [3.63, 3.8) is 0 Å². The number of alkyl halides is 1. The van der Waals surface area contributed by atoms with Crippen LogP contribution in [0.3, 0.4) is 0 Å². The van der Waals surface area contributed by atoms with Crippen LogP contribution in [0.1, 0.15) is 39.0 Å². The van der Waals surface area contributed by atoms with Crippen molar-refractivity contribution in [3.05, 3.63) is 23.4 Å². The van der Waals surface area contributed by atoms with Gasteiger partial charge < -0.3 is 9.80 Å². The first-order valence-electron chi connectivity index (χ1n) is 7.71. The standard InChI is InChI=1S/C17H28ClN3/c1-12-10-21(11-14(12)20(5)6)16-8-13(9-18)7-15(19-16)17(2,3)4/h7-8,12,14H,9-11H2,1-6H3. The van der Waals surface area contributed by atoms with E-state index < -0.39 is 0 Å². The van der Waals surface area contributed by atoms with E-state index >= 15 is 0 Å². The summed E-state index contributed by atoms with van der Waals surface area (Å²) in [5, 5.41) is 0. The highest BCUT2D eigenvalue weighted by Gasteiger charge is 2.32. The third-order valence-corrected chi connectivity index (χ3v) is 4.66. The van der Waals surface area contributed by atoms with Crippen molar-refractivity contribution in [1.82, 2.24) is 9.88 Å². The van der Waals surface area contributed by atoms with Crippen LogP contribution in [0.5, 0.6) is 0 Å². The minimum absolute atomic E-state index is 0.0448. The summed E-state index contributed by atoms with van der Waals surface area (Å²) in [7, 11) is 4.32. The smallest absolute Gasteiger partial charge is 0.129 e. The van der Waals surface area contributed by atoms with E-state index in [0.29, 0.717) is 17.8 Å². The summed E-state index contributed by atoms with van der Waals surface area (Å²) in [6, 6.07) is 4.87. The Morgan fingerprint density at radius 2 is 1.95 bits per heavy atom. The fourth-order valence-corrected chi connectivity index (χ4v) is 3.16. The van der Waals surface area contributed by atoms with Gasteiger partial charge in [0.2, 0.25) is 0 Å². The van der Waals surface area contributed by atoms with E-state index in [9.17, 15) is 0 Å². The normalized spacial score (nSPS) is 23.1. The van der Waals surface area contributed by atoms with Crippen molar-refractivity contribution < 1.29 is 0 Å². The van der Waals surface area contributed by atoms with Gasteiger partial charge in [-0.05, 0) is 37.7 Å². The zero-order valence-corrected chi connectivity index (χ0v) is 14.9. The number of halogens is 1. The summed E-state index contributed by atoms with van der Waals surface area (Å²) in [4.78, 5) is 9.64. The SMILES string of the molecule is CC1CN(c2cc(CCl)cc(C(C)(C)C)n2)CC1N(C)C. The van der Waals surface area contributed by atoms with Gasteiger partial charge in [0.25, 0.3) is 0 Å². The first-order chi connectivity index (χ1) is 9.72. The monoisotopic (exact) mass is 309 g/mol. The van der Waals surface area contributed by atoms with Gasteiger partial charge in [-0.1, -0.05) is 27.7 Å². The maximum atomic E-state index is 6.08. The lowest BCUT2D eigenvalue weighted by atomic mass is 9.91. The van der Waals surface area contributed by atoms with Crippen molar-refractivity contribution in [1.29, 1.82) is 0 Å². The highest BCUT2D eigenvalue weighted by Crippen LogP contribution is 2.29. The molecule has 0 spiro atoms. The number of hydrogen-bond donors (Lipinski definition) is 0. The Hall–Kier alpha value is -0.800. The van der Waals surface area contributed by atoms with Gasteiger partial charge in [-0.15, -0.1) is 11.6 Å². The summed E-state index contributed by atoms with van der Waals surface area (Å²) in [5.74, 6) is 2.27. The molecule has 2 atom stereocenters. The lowest BCUT2D eigenvalue weighted by Crippen LogP contribution is -2.34. The maximum Gasteiger partial charge on any atom is 0.129 e. The van der Waals surface area contributed by atoms with Gasteiger partial charge in [0.05, 0.1) is 0 Å². The number of anilines is 1. The molecule has 2 heterocycles. The molecule has 0 radical (unpaired) electrons. The summed E-state index contributed by atoms with van der Waals surface area (Å²) in [6.45, 7) is 11.0. The molecule has 0 aliphatic carbocycles. The average molecular weight is 310 g/mol. The minimum atomic E-state index is 0.0448. The Balaban J connectivity index is 2.32. The molecule has 1 aromatic rings. The molecular weight excluding hydrogens is 282 g/mol. The van der Waals surface area contributed by atoms with Crippen LogP contribution in [0.25, 0.3) is 0 Å². The van der Waals surface area contributed by atoms with E-state index in [1.807, 2.05) is 0 Å². The molecule has 2 unspecified atom stereocenters. The molecule has 1 saturated heterocycles. The first-order valence-corrected chi connectivity index (χ1v) is 8.24. The van der Waals surface area contributed by atoms with Crippen molar-refractivity contribution in [2.24, 2.45) is 5.92 Å². The molecule has 21 heavy (non-hydrogen) atoms. The van der Waals surface area contributed by atoms with Crippen molar-refractivity contribution in [2.45, 2.75) is 45.0 Å². The summed E-state index contributed by atoms with van der Waals surface area (Å²) >= 11 is 6.08. The van der Waals surface area contributed by atoms with Crippen LogP contribution in [0.15, 0.2) is 12.1 Å². The number of aromatic nitrogens is 1. The molecule has 4 heteroatoms. The molecular formula is C17H28ClN3. The van der Waals surface area contributed by atoms with Crippen LogP contribution in [0.2, 0.25) is 0 Å². The first kappa shape index (κ1) is 16.6. The van der Waals surface area contributed by atoms with Crippen LogP contribution in [0.4, 0.5) is 5.82 Å². The molecule has 118 valence electrons. The second kappa shape index (κ2) is 6.13. The zero-order valence-electron chi connectivity index (χ0n) is 14.2. The largest absolute Gasteiger partial charge is 0.355 e. The summed E-state index contributed by atoms with van der Waals surface area (Å²) in [6.07, 6.45) is 0. The van der Waals surface area contributed by atoms with E-state index in [-0.39, 0.29) is 5.41 Å². The molecule has 1 aromatic heterocycles. The topological polar surface area (TPSA) is 19.4 Å². The van der Waals surface area contributed by atoms with E-state index in [2.05, 4.69) is 63.7 Å². The van der Waals surface area contributed by atoms with Crippen LogP contribution >= 0.6 is 11.6 Å². The van der Waals surface area contributed by atoms with E-state index in [1.165, 1.54) is 0 Å². The fourth-order valence-electron chi connectivity index (χ4n) is 3.00. The van der Waals surface area contributed by atoms with Gasteiger partial charge in [-0.25, -0.2) is 4.98 Å². The number of pyridine rings is 1. The molecule has 1 aliphatic heterocycles. The number of rotatable bonds is 3. The summed E-state index contributed by atoms with van der Waals surface area (Å²) < 4.78 is 0. The third-order valence-electron chi connectivity index (χ3n) is 4.35. The lowest BCUT2D eigenvalue weighted by molar-refractivity contribution is 0.266. The zero-order chi connectivity index (χ0) is 15.8. The van der Waals surface area contributed by atoms with Crippen molar-refractivity contribution in [2.75, 3.05) is 32.1 Å². The van der Waals surface area contributed by atoms with Gasteiger partial charge >= 0.3 is 0 Å². The Labute approximate surface area is 134 Å². The van der Waals surface area contributed by atoms with Crippen molar-refractivity contribution >= 4 is 17.4 Å². The number of nitrogens with zero attached hydrogens (tertiary/aromatic N) is 3. The van der Waals surface area contributed by atoms with Crippen LogP contribution in [-0.4, -0.2) is 43.1 Å². The van der Waals surface area contributed by atoms with Gasteiger partial charge in [-0.3, -0.25) is 0 Å². The number of likely N-dealkylation sites (N-methyl/N-ethyl adjacent to an activating group) is 1. The van der Waals surface area contributed by atoms with Crippen LogP contribution in [-0.2, 0) is 11.3 Å². The van der Waals surface area contributed by atoms with E-state index in [0.717, 1.165) is 30.2 Å². The number of hydrogen-bond acceptors (Lipinski definition) is 3. The van der Waals surface area contributed by atoms with E-state index in [4.69, 9.17) is 16.6 Å².